The van der Waals surface area contributed by atoms with Crippen LogP contribution in [0.1, 0.15) is 0 Å². The second-order valence-electron chi connectivity index (χ2n) is 3.29. The fourth-order valence-electron chi connectivity index (χ4n) is 1.62. The smallest absolute Gasteiger partial charge is 0.329 e. The second-order valence-corrected chi connectivity index (χ2v) is 4.09. The van der Waals surface area contributed by atoms with Crippen LogP contribution in [0.25, 0.3) is 10.9 Å². The Morgan fingerprint density at radius 3 is 2.71 bits per heavy atom. The Morgan fingerprint density at radius 2 is 2.12 bits per heavy atom. The Balaban J connectivity index is 2.90. The molecule has 2 rings (SSSR count). The van der Waals surface area contributed by atoms with Gasteiger partial charge in [-0.3, -0.25) is 10.1 Å². The molecule has 0 fully saturated rings. The molecule has 1 aromatic carbocycles. The van der Waals surface area contributed by atoms with Crippen LogP contribution in [0.3, 0.4) is 0 Å². The first-order chi connectivity index (χ1) is 8.04. The average Bonchev–Trinajstić information content (AvgIpc) is 2.26. The number of fused-ring (bicyclic) bond motifs is 1. The van der Waals surface area contributed by atoms with Crippen molar-refractivity contribution in [1.29, 1.82) is 0 Å². The number of nitro groups is 1. The van der Waals surface area contributed by atoms with Gasteiger partial charge in [-0.1, -0.05) is 23.2 Å². The van der Waals surface area contributed by atoms with Crippen LogP contribution < -0.4 is 5.32 Å². The number of rotatable bonds is 2. The van der Waals surface area contributed by atoms with Crippen LogP contribution in [0.4, 0.5) is 11.4 Å². The second kappa shape index (κ2) is 4.35. The van der Waals surface area contributed by atoms with Gasteiger partial charge in [0.25, 0.3) is 0 Å². The molecule has 7 heteroatoms. The summed E-state index contributed by atoms with van der Waals surface area (Å²) in [6.07, 6.45) is 0. The number of benzene rings is 1. The van der Waals surface area contributed by atoms with Gasteiger partial charge in [-0.15, -0.1) is 0 Å². The SMILES string of the molecule is CNc1c([N+](=O)[O-])c(Cl)nc2cc(Cl)ccc12. The highest BCUT2D eigenvalue weighted by Crippen LogP contribution is 2.37. The topological polar surface area (TPSA) is 68.1 Å². The van der Waals surface area contributed by atoms with Crippen molar-refractivity contribution in [2.75, 3.05) is 12.4 Å². The van der Waals surface area contributed by atoms with Crippen LogP contribution in [0.15, 0.2) is 18.2 Å². The lowest BCUT2D eigenvalue weighted by molar-refractivity contribution is -0.384. The highest BCUT2D eigenvalue weighted by Gasteiger charge is 2.22. The summed E-state index contributed by atoms with van der Waals surface area (Å²) in [4.78, 5) is 14.3. The summed E-state index contributed by atoms with van der Waals surface area (Å²) in [5.41, 5.74) is 0.614. The maximum Gasteiger partial charge on any atom is 0.329 e. The van der Waals surface area contributed by atoms with E-state index in [-0.39, 0.29) is 10.8 Å². The Hall–Kier alpha value is -1.59. The van der Waals surface area contributed by atoms with Crippen LogP contribution in [-0.2, 0) is 0 Å². The monoisotopic (exact) mass is 271 g/mol. The van der Waals surface area contributed by atoms with E-state index in [0.717, 1.165) is 0 Å². The summed E-state index contributed by atoms with van der Waals surface area (Å²) in [5, 5.41) is 14.6. The first-order valence-electron chi connectivity index (χ1n) is 4.65. The van der Waals surface area contributed by atoms with Crippen molar-refractivity contribution in [1.82, 2.24) is 4.98 Å². The molecule has 0 radical (unpaired) electrons. The van der Waals surface area contributed by atoms with Crippen LogP contribution in [-0.4, -0.2) is 17.0 Å². The van der Waals surface area contributed by atoms with Gasteiger partial charge in [-0.05, 0) is 18.2 Å². The molecule has 2 aromatic rings. The summed E-state index contributed by atoms with van der Waals surface area (Å²) in [6.45, 7) is 0. The van der Waals surface area contributed by atoms with Gasteiger partial charge in [0.2, 0.25) is 5.15 Å². The Labute approximate surface area is 107 Å². The normalized spacial score (nSPS) is 10.5. The lowest BCUT2D eigenvalue weighted by Crippen LogP contribution is -2.00. The van der Waals surface area contributed by atoms with E-state index in [1.807, 2.05) is 0 Å². The molecule has 0 atom stereocenters. The molecule has 1 heterocycles. The molecule has 0 saturated carbocycles. The van der Waals surface area contributed by atoms with Crippen molar-refractivity contribution in [3.63, 3.8) is 0 Å². The number of anilines is 1. The minimum atomic E-state index is -0.560. The summed E-state index contributed by atoms with van der Waals surface area (Å²) < 4.78 is 0. The molecule has 17 heavy (non-hydrogen) atoms. The largest absolute Gasteiger partial charge is 0.382 e. The van der Waals surface area contributed by atoms with Gasteiger partial charge >= 0.3 is 5.69 Å². The molecular weight excluding hydrogens is 265 g/mol. The van der Waals surface area contributed by atoms with Gasteiger partial charge in [0, 0.05) is 17.5 Å². The number of pyridine rings is 1. The standard InChI is InChI=1S/C10H7Cl2N3O2/c1-13-8-6-3-2-5(11)4-7(6)14-10(12)9(8)15(16)17/h2-4H,1H3,(H,13,14). The summed E-state index contributed by atoms with van der Waals surface area (Å²) in [7, 11) is 1.59. The van der Waals surface area contributed by atoms with E-state index in [1.165, 1.54) is 0 Å². The molecular formula is C10H7Cl2N3O2. The number of hydrogen-bond donors (Lipinski definition) is 1. The van der Waals surface area contributed by atoms with Crippen molar-refractivity contribution in [3.05, 3.63) is 38.5 Å². The number of nitrogens with one attached hydrogen (secondary N) is 1. The Morgan fingerprint density at radius 1 is 1.41 bits per heavy atom. The van der Waals surface area contributed by atoms with E-state index in [1.54, 1.807) is 25.2 Å². The fraction of sp³-hybridized carbons (Fsp3) is 0.100. The Bertz CT molecular complexity index is 616. The number of aromatic nitrogens is 1. The van der Waals surface area contributed by atoms with Crippen LogP contribution >= 0.6 is 23.2 Å². The van der Waals surface area contributed by atoms with E-state index in [0.29, 0.717) is 21.6 Å². The van der Waals surface area contributed by atoms with Gasteiger partial charge in [0.15, 0.2) is 0 Å². The lowest BCUT2D eigenvalue weighted by atomic mass is 10.1. The maximum absolute atomic E-state index is 10.9. The van der Waals surface area contributed by atoms with E-state index < -0.39 is 4.92 Å². The van der Waals surface area contributed by atoms with Crippen LogP contribution in [0, 0.1) is 10.1 Å². The minimum absolute atomic E-state index is 0.158. The van der Waals surface area contributed by atoms with Gasteiger partial charge < -0.3 is 5.32 Å². The molecule has 0 aliphatic rings. The van der Waals surface area contributed by atoms with E-state index in [2.05, 4.69) is 10.3 Å². The molecule has 0 aliphatic heterocycles. The number of nitrogens with zero attached hydrogens (tertiary/aromatic N) is 2. The minimum Gasteiger partial charge on any atom is -0.382 e. The molecule has 0 bridgehead atoms. The highest BCUT2D eigenvalue weighted by atomic mass is 35.5. The fourth-order valence-corrected chi connectivity index (χ4v) is 2.04. The lowest BCUT2D eigenvalue weighted by Gasteiger charge is -2.07. The third-order valence-electron chi connectivity index (χ3n) is 2.31. The average molecular weight is 272 g/mol. The molecule has 1 aromatic heterocycles. The third-order valence-corrected chi connectivity index (χ3v) is 2.81. The van der Waals surface area contributed by atoms with Crippen molar-refractivity contribution in [2.24, 2.45) is 0 Å². The van der Waals surface area contributed by atoms with E-state index in [9.17, 15) is 10.1 Å². The first kappa shape index (κ1) is 11.9. The molecule has 0 spiro atoms. The van der Waals surface area contributed by atoms with Crippen molar-refractivity contribution in [2.45, 2.75) is 0 Å². The predicted octanol–water partition coefficient (Wildman–Crippen LogP) is 3.49. The summed E-state index contributed by atoms with van der Waals surface area (Å²) in [5.74, 6) is 0. The number of hydrogen-bond acceptors (Lipinski definition) is 4. The van der Waals surface area contributed by atoms with Gasteiger partial charge in [-0.2, -0.15) is 0 Å². The zero-order chi connectivity index (χ0) is 12.6. The summed E-state index contributed by atoms with van der Waals surface area (Å²) in [6, 6.07) is 4.91. The van der Waals surface area contributed by atoms with Gasteiger partial charge in [0.05, 0.1) is 10.4 Å². The maximum atomic E-state index is 10.9. The Kier molecular flexibility index (Phi) is 3.04. The van der Waals surface area contributed by atoms with Crippen LogP contribution in [0.5, 0.6) is 0 Å². The quantitative estimate of drug-likeness (QED) is 0.516. The molecule has 0 unspecified atom stereocenters. The van der Waals surface area contributed by atoms with Crippen molar-refractivity contribution in [3.8, 4) is 0 Å². The van der Waals surface area contributed by atoms with Gasteiger partial charge in [-0.25, -0.2) is 4.98 Å². The van der Waals surface area contributed by atoms with Gasteiger partial charge in [0.1, 0.15) is 5.69 Å². The molecule has 0 saturated heterocycles. The molecule has 5 nitrogen and oxygen atoms in total. The zero-order valence-electron chi connectivity index (χ0n) is 8.70. The molecule has 88 valence electrons. The third kappa shape index (κ3) is 1.99. The van der Waals surface area contributed by atoms with Crippen molar-refractivity contribution >= 4 is 45.5 Å². The van der Waals surface area contributed by atoms with Crippen LogP contribution in [0.2, 0.25) is 10.2 Å². The molecule has 1 N–H and O–H groups in total. The number of halogens is 2. The molecule has 0 amide bonds. The highest BCUT2D eigenvalue weighted by molar-refractivity contribution is 6.33. The van der Waals surface area contributed by atoms with E-state index in [4.69, 9.17) is 23.2 Å². The van der Waals surface area contributed by atoms with E-state index >= 15 is 0 Å². The summed E-state index contributed by atoms with van der Waals surface area (Å²) >= 11 is 11.6. The molecule has 0 aliphatic carbocycles. The first-order valence-corrected chi connectivity index (χ1v) is 5.41. The zero-order valence-corrected chi connectivity index (χ0v) is 10.2. The van der Waals surface area contributed by atoms with Crippen molar-refractivity contribution < 1.29 is 4.92 Å². The predicted molar refractivity (Wildman–Crippen MR) is 68.0 cm³/mol.